The molecule has 0 aliphatic carbocycles. The molecule has 0 aromatic heterocycles. The summed E-state index contributed by atoms with van der Waals surface area (Å²) in [6.07, 6.45) is 1.32. The maximum absolute atomic E-state index is 5.90. The third-order valence-corrected chi connectivity index (χ3v) is 3.70. The maximum Gasteiger partial charge on any atom is 0.123 e. The number of nitrogens with zero attached hydrogens (tertiary/aromatic N) is 1. The van der Waals surface area contributed by atoms with Crippen molar-refractivity contribution in [2.45, 2.75) is 18.6 Å². The highest BCUT2D eigenvalue weighted by atomic mass is 79.9. The van der Waals surface area contributed by atoms with E-state index in [9.17, 15) is 0 Å². The summed E-state index contributed by atoms with van der Waals surface area (Å²) >= 11 is 3.49. The van der Waals surface area contributed by atoms with Crippen LogP contribution < -0.4 is 10.5 Å². The molecule has 1 unspecified atom stereocenters. The van der Waals surface area contributed by atoms with Gasteiger partial charge in [0.1, 0.15) is 11.9 Å². The van der Waals surface area contributed by atoms with Crippen LogP contribution >= 0.6 is 15.9 Å². The number of benzene rings is 1. The first-order chi connectivity index (χ1) is 7.70. The topological polar surface area (TPSA) is 38.5 Å². The number of hydrogen-bond acceptors (Lipinski definition) is 3. The quantitative estimate of drug-likeness (QED) is 0.891. The van der Waals surface area contributed by atoms with Crippen LogP contribution in [0.1, 0.15) is 5.56 Å². The number of fused-ring (bicyclic) bond motifs is 1. The Labute approximate surface area is 104 Å². The molecular weight excluding hydrogens is 268 g/mol. The predicted molar refractivity (Wildman–Crippen MR) is 66.7 cm³/mol. The number of halogens is 1. The highest BCUT2D eigenvalue weighted by molar-refractivity contribution is 9.10. The fraction of sp³-hybridized carbons (Fsp3) is 0.500. The molecule has 16 heavy (non-hydrogen) atoms. The molecule has 0 amide bonds. The summed E-state index contributed by atoms with van der Waals surface area (Å²) < 4.78 is 7.03. The van der Waals surface area contributed by atoms with E-state index in [0.29, 0.717) is 12.1 Å². The first-order valence-electron chi connectivity index (χ1n) is 5.64. The lowest BCUT2D eigenvalue weighted by Gasteiger charge is -2.38. The van der Waals surface area contributed by atoms with Crippen molar-refractivity contribution in [3.63, 3.8) is 0 Å². The molecule has 2 N–H and O–H groups in total. The molecule has 1 aromatic rings. The van der Waals surface area contributed by atoms with Gasteiger partial charge in [0, 0.05) is 36.6 Å². The molecule has 3 nitrogen and oxygen atoms in total. The second-order valence-electron chi connectivity index (χ2n) is 4.67. The van der Waals surface area contributed by atoms with E-state index in [1.165, 1.54) is 5.56 Å². The van der Waals surface area contributed by atoms with Crippen molar-refractivity contribution in [1.29, 1.82) is 0 Å². The summed E-state index contributed by atoms with van der Waals surface area (Å²) in [6.45, 7) is 3.03. The molecule has 1 aromatic carbocycles. The third kappa shape index (κ3) is 1.97. The molecule has 0 radical (unpaired) electrons. The molecule has 0 spiro atoms. The lowest BCUT2D eigenvalue weighted by atomic mass is 10.1. The molecule has 2 heterocycles. The SMILES string of the molecule is NC1CN(CC2Cc3cc(Br)ccc3O2)C1. The van der Waals surface area contributed by atoms with E-state index in [-0.39, 0.29) is 0 Å². The Morgan fingerprint density at radius 1 is 1.44 bits per heavy atom. The van der Waals surface area contributed by atoms with Gasteiger partial charge in [-0.1, -0.05) is 15.9 Å². The highest BCUT2D eigenvalue weighted by Gasteiger charge is 2.29. The Balaban J connectivity index is 1.62. The van der Waals surface area contributed by atoms with Gasteiger partial charge in [0.05, 0.1) is 0 Å². The van der Waals surface area contributed by atoms with Gasteiger partial charge in [-0.05, 0) is 23.8 Å². The minimum Gasteiger partial charge on any atom is -0.488 e. The van der Waals surface area contributed by atoms with Gasteiger partial charge in [0.25, 0.3) is 0 Å². The monoisotopic (exact) mass is 282 g/mol. The average Bonchev–Trinajstić information content (AvgIpc) is 2.57. The number of ether oxygens (including phenoxy) is 1. The van der Waals surface area contributed by atoms with Crippen LogP contribution in [-0.2, 0) is 6.42 Å². The normalized spacial score (nSPS) is 25.0. The second kappa shape index (κ2) is 4.02. The maximum atomic E-state index is 5.90. The number of likely N-dealkylation sites (tertiary alicyclic amines) is 1. The Bertz CT molecular complexity index is 404. The number of nitrogens with two attached hydrogens (primary N) is 1. The minimum atomic E-state index is 0.303. The minimum absolute atomic E-state index is 0.303. The lowest BCUT2D eigenvalue weighted by molar-refractivity contribution is 0.0900. The summed E-state index contributed by atoms with van der Waals surface area (Å²) in [5.74, 6) is 1.04. The van der Waals surface area contributed by atoms with Crippen LogP contribution in [0.3, 0.4) is 0 Å². The summed E-state index contributed by atoms with van der Waals surface area (Å²) in [7, 11) is 0. The van der Waals surface area contributed by atoms with Crippen molar-refractivity contribution in [3.8, 4) is 5.75 Å². The smallest absolute Gasteiger partial charge is 0.123 e. The Kier molecular flexibility index (Phi) is 2.65. The predicted octanol–water partition coefficient (Wildman–Crippen LogP) is 1.40. The van der Waals surface area contributed by atoms with Crippen molar-refractivity contribution in [2.75, 3.05) is 19.6 Å². The Hall–Kier alpha value is -0.580. The second-order valence-corrected chi connectivity index (χ2v) is 5.59. The standard InChI is InChI=1S/C12H15BrN2O/c13-9-1-2-12-8(3-9)4-11(16-12)7-15-5-10(14)6-15/h1-3,10-11H,4-7,14H2. The van der Waals surface area contributed by atoms with E-state index in [0.717, 1.165) is 36.3 Å². The molecule has 3 rings (SSSR count). The van der Waals surface area contributed by atoms with Crippen LogP contribution in [0, 0.1) is 0 Å². The zero-order chi connectivity index (χ0) is 11.1. The zero-order valence-electron chi connectivity index (χ0n) is 9.03. The van der Waals surface area contributed by atoms with Crippen LogP contribution in [0.5, 0.6) is 5.75 Å². The first kappa shape index (κ1) is 10.6. The fourth-order valence-electron chi connectivity index (χ4n) is 2.44. The molecule has 2 aliphatic rings. The van der Waals surface area contributed by atoms with Crippen LogP contribution in [0.15, 0.2) is 22.7 Å². The first-order valence-corrected chi connectivity index (χ1v) is 6.43. The summed E-state index contributed by atoms with van der Waals surface area (Å²) in [4.78, 5) is 2.36. The molecule has 2 aliphatic heterocycles. The zero-order valence-corrected chi connectivity index (χ0v) is 10.6. The Morgan fingerprint density at radius 3 is 3.00 bits per heavy atom. The van der Waals surface area contributed by atoms with E-state index >= 15 is 0 Å². The van der Waals surface area contributed by atoms with Gasteiger partial charge in [0.2, 0.25) is 0 Å². The summed E-state index contributed by atoms with van der Waals surface area (Å²) in [5, 5.41) is 0. The van der Waals surface area contributed by atoms with Gasteiger partial charge in [-0.3, -0.25) is 4.90 Å². The van der Waals surface area contributed by atoms with E-state index in [2.05, 4.69) is 26.9 Å². The van der Waals surface area contributed by atoms with Crippen LogP contribution in [0.2, 0.25) is 0 Å². The molecule has 1 fully saturated rings. The summed E-state index contributed by atoms with van der Waals surface area (Å²) in [6, 6.07) is 6.59. The summed E-state index contributed by atoms with van der Waals surface area (Å²) in [5.41, 5.74) is 7.07. The molecule has 1 saturated heterocycles. The largest absolute Gasteiger partial charge is 0.488 e. The van der Waals surface area contributed by atoms with Crippen LogP contribution in [0.25, 0.3) is 0 Å². The Morgan fingerprint density at radius 2 is 2.25 bits per heavy atom. The van der Waals surface area contributed by atoms with E-state index < -0.39 is 0 Å². The van der Waals surface area contributed by atoms with Gasteiger partial charge >= 0.3 is 0 Å². The van der Waals surface area contributed by atoms with Crippen molar-refractivity contribution in [2.24, 2.45) is 5.73 Å². The molecule has 86 valence electrons. The fourth-order valence-corrected chi connectivity index (χ4v) is 2.85. The molecule has 1 atom stereocenters. The van der Waals surface area contributed by atoms with Crippen molar-refractivity contribution < 1.29 is 4.74 Å². The molecular formula is C12H15BrN2O. The van der Waals surface area contributed by atoms with Gasteiger partial charge in [0.15, 0.2) is 0 Å². The number of rotatable bonds is 2. The average molecular weight is 283 g/mol. The van der Waals surface area contributed by atoms with E-state index in [1.807, 2.05) is 12.1 Å². The van der Waals surface area contributed by atoms with Gasteiger partial charge in [-0.2, -0.15) is 0 Å². The molecule has 4 heteroatoms. The van der Waals surface area contributed by atoms with Crippen LogP contribution in [0.4, 0.5) is 0 Å². The van der Waals surface area contributed by atoms with Crippen molar-refractivity contribution in [1.82, 2.24) is 4.90 Å². The van der Waals surface area contributed by atoms with E-state index in [4.69, 9.17) is 10.5 Å². The highest BCUT2D eigenvalue weighted by Crippen LogP contribution is 2.31. The van der Waals surface area contributed by atoms with Gasteiger partial charge in [-0.25, -0.2) is 0 Å². The van der Waals surface area contributed by atoms with Crippen LogP contribution in [-0.4, -0.2) is 36.7 Å². The lowest BCUT2D eigenvalue weighted by Crippen LogP contribution is -2.57. The van der Waals surface area contributed by atoms with Gasteiger partial charge in [-0.15, -0.1) is 0 Å². The third-order valence-electron chi connectivity index (χ3n) is 3.21. The van der Waals surface area contributed by atoms with Crippen molar-refractivity contribution >= 4 is 15.9 Å². The van der Waals surface area contributed by atoms with Crippen molar-refractivity contribution in [3.05, 3.63) is 28.2 Å². The van der Waals surface area contributed by atoms with Gasteiger partial charge < -0.3 is 10.5 Å². The molecule has 0 saturated carbocycles. The molecule has 0 bridgehead atoms. The van der Waals surface area contributed by atoms with E-state index in [1.54, 1.807) is 0 Å². The number of hydrogen-bond donors (Lipinski definition) is 1.